The molecule has 4 heteroatoms. The highest BCUT2D eigenvalue weighted by Crippen LogP contribution is 2.31. The molecule has 0 fully saturated rings. The van der Waals surface area contributed by atoms with Gasteiger partial charge in [0.25, 0.3) is 0 Å². The Hall–Kier alpha value is -0.740. The van der Waals surface area contributed by atoms with Gasteiger partial charge in [0.05, 0.1) is 13.2 Å². The molecule has 0 bridgehead atoms. The third kappa shape index (κ3) is 3.39. The summed E-state index contributed by atoms with van der Waals surface area (Å²) in [4.78, 5) is 0. The zero-order valence-electron chi connectivity index (χ0n) is 9.86. The van der Waals surface area contributed by atoms with Gasteiger partial charge in [-0.3, -0.25) is 0 Å². The van der Waals surface area contributed by atoms with E-state index >= 15 is 0 Å². The van der Waals surface area contributed by atoms with E-state index in [4.69, 9.17) is 9.47 Å². The average Bonchev–Trinajstić information content (AvgIpc) is 2.42. The van der Waals surface area contributed by atoms with E-state index in [9.17, 15) is 0 Å². The average molecular weight is 374 g/mol. The van der Waals surface area contributed by atoms with Gasteiger partial charge in [0.15, 0.2) is 0 Å². The molecule has 0 spiro atoms. The first kappa shape index (κ1) is 13.7. The lowest BCUT2D eigenvalue weighted by molar-refractivity contribution is 0.330. The Kier molecular flexibility index (Phi) is 5.32. The molecule has 0 aliphatic heterocycles. The van der Waals surface area contributed by atoms with Crippen LogP contribution in [0.1, 0.15) is 0 Å². The number of halogens is 2. The van der Waals surface area contributed by atoms with Crippen LogP contribution in [0.15, 0.2) is 36.4 Å². The van der Waals surface area contributed by atoms with E-state index in [1.807, 2.05) is 24.3 Å². The number of alkyl halides is 2. The van der Waals surface area contributed by atoms with Crippen molar-refractivity contribution in [3.8, 4) is 11.5 Å². The van der Waals surface area contributed by atoms with Crippen molar-refractivity contribution in [3.63, 3.8) is 0 Å². The van der Waals surface area contributed by atoms with E-state index in [2.05, 4.69) is 44.0 Å². The SMILES string of the molecule is BrCCOc1cc(OCCBr)c2ccccc2c1. The Morgan fingerprint density at radius 2 is 1.61 bits per heavy atom. The maximum absolute atomic E-state index is 5.75. The van der Waals surface area contributed by atoms with Gasteiger partial charge in [-0.2, -0.15) is 0 Å². The van der Waals surface area contributed by atoms with E-state index in [0.717, 1.165) is 32.9 Å². The van der Waals surface area contributed by atoms with Gasteiger partial charge >= 0.3 is 0 Å². The first-order valence-corrected chi connectivity index (χ1v) is 8.00. The summed E-state index contributed by atoms with van der Waals surface area (Å²) in [6, 6.07) is 12.2. The second-order valence-corrected chi connectivity index (χ2v) is 5.30. The maximum atomic E-state index is 5.75. The molecule has 0 aliphatic rings. The zero-order chi connectivity index (χ0) is 12.8. The summed E-state index contributed by atoms with van der Waals surface area (Å²) >= 11 is 6.72. The van der Waals surface area contributed by atoms with Gasteiger partial charge in [-0.15, -0.1) is 0 Å². The summed E-state index contributed by atoms with van der Waals surface area (Å²) in [6.45, 7) is 1.29. The van der Waals surface area contributed by atoms with Gasteiger partial charge < -0.3 is 9.47 Å². The minimum Gasteiger partial charge on any atom is -0.493 e. The molecule has 18 heavy (non-hydrogen) atoms. The highest BCUT2D eigenvalue weighted by atomic mass is 79.9. The molecule has 0 heterocycles. The van der Waals surface area contributed by atoms with E-state index in [0.29, 0.717) is 13.2 Å². The molecule has 0 radical (unpaired) electrons. The Labute approximate surface area is 124 Å². The molecule has 0 saturated carbocycles. The number of fused-ring (bicyclic) bond motifs is 1. The van der Waals surface area contributed by atoms with Crippen molar-refractivity contribution < 1.29 is 9.47 Å². The molecule has 0 amide bonds. The van der Waals surface area contributed by atoms with Gasteiger partial charge in [0.2, 0.25) is 0 Å². The molecule has 96 valence electrons. The second-order valence-electron chi connectivity index (χ2n) is 3.72. The predicted octanol–water partition coefficient (Wildman–Crippen LogP) is 4.39. The number of hydrogen-bond donors (Lipinski definition) is 0. The molecule has 0 aromatic heterocycles. The highest BCUT2D eigenvalue weighted by Gasteiger charge is 2.05. The molecule has 2 aromatic carbocycles. The molecule has 2 nitrogen and oxygen atoms in total. The maximum Gasteiger partial charge on any atom is 0.130 e. The first-order chi connectivity index (χ1) is 8.85. The first-order valence-electron chi connectivity index (χ1n) is 5.75. The third-order valence-electron chi connectivity index (χ3n) is 2.48. The predicted molar refractivity (Wildman–Crippen MR) is 82.5 cm³/mol. The number of hydrogen-bond acceptors (Lipinski definition) is 2. The van der Waals surface area contributed by atoms with E-state index in [1.165, 1.54) is 0 Å². The fourth-order valence-electron chi connectivity index (χ4n) is 1.76. The van der Waals surface area contributed by atoms with Crippen molar-refractivity contribution >= 4 is 42.6 Å². The van der Waals surface area contributed by atoms with Crippen molar-refractivity contribution in [3.05, 3.63) is 36.4 Å². The molecule has 0 N–H and O–H groups in total. The van der Waals surface area contributed by atoms with Gasteiger partial charge in [-0.05, 0) is 11.5 Å². The summed E-state index contributed by atoms with van der Waals surface area (Å²) < 4.78 is 11.4. The van der Waals surface area contributed by atoms with E-state index in [1.54, 1.807) is 0 Å². The van der Waals surface area contributed by atoms with Gasteiger partial charge in [0.1, 0.15) is 11.5 Å². The van der Waals surface area contributed by atoms with Crippen LogP contribution in [0.25, 0.3) is 10.8 Å². The largest absolute Gasteiger partial charge is 0.493 e. The van der Waals surface area contributed by atoms with Crippen molar-refractivity contribution in [1.29, 1.82) is 0 Å². The van der Waals surface area contributed by atoms with Gasteiger partial charge in [0, 0.05) is 22.1 Å². The zero-order valence-corrected chi connectivity index (χ0v) is 13.0. The van der Waals surface area contributed by atoms with Crippen molar-refractivity contribution in [1.82, 2.24) is 0 Å². The lowest BCUT2D eigenvalue weighted by Crippen LogP contribution is -2.01. The summed E-state index contributed by atoms with van der Waals surface area (Å²) in [5.41, 5.74) is 0. The summed E-state index contributed by atoms with van der Waals surface area (Å²) in [6.07, 6.45) is 0. The Balaban J connectivity index is 2.36. The van der Waals surface area contributed by atoms with Crippen LogP contribution >= 0.6 is 31.9 Å². The summed E-state index contributed by atoms with van der Waals surface area (Å²) in [7, 11) is 0. The van der Waals surface area contributed by atoms with Crippen molar-refractivity contribution in [2.75, 3.05) is 23.9 Å². The van der Waals surface area contributed by atoms with E-state index in [-0.39, 0.29) is 0 Å². The molecule has 0 atom stereocenters. The Morgan fingerprint density at radius 1 is 0.889 bits per heavy atom. The number of benzene rings is 2. The third-order valence-corrected chi connectivity index (χ3v) is 3.13. The van der Waals surface area contributed by atoms with E-state index < -0.39 is 0 Å². The van der Waals surface area contributed by atoms with Crippen LogP contribution in [0.3, 0.4) is 0 Å². The summed E-state index contributed by atoms with van der Waals surface area (Å²) in [5.74, 6) is 1.72. The minimum atomic E-state index is 0.645. The van der Waals surface area contributed by atoms with Crippen LogP contribution < -0.4 is 9.47 Å². The van der Waals surface area contributed by atoms with Crippen LogP contribution in [0.5, 0.6) is 11.5 Å². The van der Waals surface area contributed by atoms with Crippen LogP contribution in [0.2, 0.25) is 0 Å². The van der Waals surface area contributed by atoms with Crippen LogP contribution in [0, 0.1) is 0 Å². The molecule has 0 unspecified atom stereocenters. The molecular formula is C14H14Br2O2. The van der Waals surface area contributed by atoms with Gasteiger partial charge in [-0.25, -0.2) is 0 Å². The topological polar surface area (TPSA) is 18.5 Å². The van der Waals surface area contributed by atoms with Crippen LogP contribution in [-0.4, -0.2) is 23.9 Å². The Bertz CT molecular complexity index is 514. The monoisotopic (exact) mass is 372 g/mol. The quantitative estimate of drug-likeness (QED) is 0.699. The van der Waals surface area contributed by atoms with Crippen LogP contribution in [-0.2, 0) is 0 Å². The smallest absolute Gasteiger partial charge is 0.130 e. The molecule has 2 aromatic rings. The highest BCUT2D eigenvalue weighted by molar-refractivity contribution is 9.09. The standard InChI is InChI=1S/C14H14Br2O2/c15-5-7-17-12-9-11-3-1-2-4-13(11)14(10-12)18-8-6-16/h1-4,9-10H,5-8H2. The fourth-order valence-corrected chi connectivity index (χ4v) is 2.08. The Morgan fingerprint density at radius 3 is 2.39 bits per heavy atom. The molecule has 0 saturated heterocycles. The number of rotatable bonds is 6. The number of ether oxygens (including phenoxy) is 2. The minimum absolute atomic E-state index is 0.645. The molecule has 2 rings (SSSR count). The second kappa shape index (κ2) is 7.00. The molecular weight excluding hydrogens is 360 g/mol. The van der Waals surface area contributed by atoms with Crippen molar-refractivity contribution in [2.24, 2.45) is 0 Å². The van der Waals surface area contributed by atoms with Gasteiger partial charge in [-0.1, -0.05) is 56.1 Å². The fraction of sp³-hybridized carbons (Fsp3) is 0.286. The van der Waals surface area contributed by atoms with Crippen LogP contribution in [0.4, 0.5) is 0 Å². The molecule has 0 aliphatic carbocycles. The normalized spacial score (nSPS) is 10.6. The lowest BCUT2D eigenvalue weighted by atomic mass is 10.1. The van der Waals surface area contributed by atoms with Crippen molar-refractivity contribution in [2.45, 2.75) is 0 Å². The lowest BCUT2D eigenvalue weighted by Gasteiger charge is -2.11. The summed E-state index contributed by atoms with van der Waals surface area (Å²) in [5, 5.41) is 3.88.